The maximum atomic E-state index is 12.0. The Hall–Kier alpha value is -2.13. The fourth-order valence-electron chi connectivity index (χ4n) is 1.63. The van der Waals surface area contributed by atoms with Crippen molar-refractivity contribution in [1.82, 2.24) is 15.4 Å². The quantitative estimate of drug-likeness (QED) is 0.565. The summed E-state index contributed by atoms with van der Waals surface area (Å²) in [5.41, 5.74) is 0. The Morgan fingerprint density at radius 2 is 1.61 bits per heavy atom. The number of amides is 2. The maximum Gasteiger partial charge on any atom is 0.241 e. The third-order valence-electron chi connectivity index (χ3n) is 2.69. The Bertz CT molecular complexity index is 628. The molecule has 0 aromatic heterocycles. The highest BCUT2D eigenvalue weighted by molar-refractivity contribution is 7.89. The van der Waals surface area contributed by atoms with Crippen LogP contribution < -0.4 is 20.1 Å². The first-order valence-corrected chi connectivity index (χ1v) is 8.63. The van der Waals surface area contributed by atoms with E-state index in [4.69, 9.17) is 4.74 Å². The number of carbonyl (C=O) groups is 2. The number of hydrogen-bond acceptors (Lipinski definition) is 5. The SMILES string of the molecule is CCNC(=O)CNC(=O)CNS(=O)(=O)c1ccc(OCC)cc1. The first kappa shape index (κ1) is 18.9. The molecule has 0 spiro atoms. The van der Waals surface area contributed by atoms with Crippen molar-refractivity contribution in [1.29, 1.82) is 0 Å². The average Bonchev–Trinajstić information content (AvgIpc) is 2.52. The minimum absolute atomic E-state index is 0.0254. The number of rotatable bonds is 9. The second kappa shape index (κ2) is 9.11. The second-order valence-corrected chi connectivity index (χ2v) is 6.23. The molecule has 0 unspecified atom stereocenters. The summed E-state index contributed by atoms with van der Waals surface area (Å²) in [5, 5.41) is 4.83. The number of likely N-dealkylation sites (N-methyl/N-ethyl adjacent to an activating group) is 1. The summed E-state index contributed by atoms with van der Waals surface area (Å²) < 4.78 is 31.5. The van der Waals surface area contributed by atoms with Crippen LogP contribution in [0.2, 0.25) is 0 Å². The molecule has 1 aromatic rings. The molecule has 0 aliphatic heterocycles. The summed E-state index contributed by atoms with van der Waals surface area (Å²) in [6.45, 7) is 3.87. The summed E-state index contributed by atoms with van der Waals surface area (Å²) in [7, 11) is -3.80. The molecule has 0 heterocycles. The number of carbonyl (C=O) groups excluding carboxylic acids is 2. The fraction of sp³-hybridized carbons (Fsp3) is 0.429. The molecule has 3 N–H and O–H groups in total. The smallest absolute Gasteiger partial charge is 0.241 e. The van der Waals surface area contributed by atoms with Crippen LogP contribution in [0, 0.1) is 0 Å². The van der Waals surface area contributed by atoms with Crippen LogP contribution in [0.4, 0.5) is 0 Å². The molecular weight excluding hydrogens is 322 g/mol. The van der Waals surface area contributed by atoms with Gasteiger partial charge in [-0.15, -0.1) is 0 Å². The van der Waals surface area contributed by atoms with Crippen LogP contribution in [0.25, 0.3) is 0 Å². The van der Waals surface area contributed by atoms with Crippen LogP contribution in [-0.2, 0) is 19.6 Å². The molecular formula is C14H21N3O5S. The Kier molecular flexibility index (Phi) is 7.49. The molecule has 0 radical (unpaired) electrons. The van der Waals surface area contributed by atoms with Crippen LogP contribution in [0.15, 0.2) is 29.2 Å². The van der Waals surface area contributed by atoms with E-state index in [2.05, 4.69) is 15.4 Å². The van der Waals surface area contributed by atoms with Gasteiger partial charge in [0.25, 0.3) is 0 Å². The minimum Gasteiger partial charge on any atom is -0.494 e. The van der Waals surface area contributed by atoms with Gasteiger partial charge in [0.1, 0.15) is 5.75 Å². The second-order valence-electron chi connectivity index (χ2n) is 4.46. The Morgan fingerprint density at radius 1 is 1.00 bits per heavy atom. The molecule has 0 atom stereocenters. The van der Waals surface area contributed by atoms with Gasteiger partial charge >= 0.3 is 0 Å². The molecule has 23 heavy (non-hydrogen) atoms. The molecule has 0 aliphatic carbocycles. The molecule has 0 saturated heterocycles. The number of benzene rings is 1. The Labute approximate surface area is 135 Å². The lowest BCUT2D eigenvalue weighted by Crippen LogP contribution is -2.41. The van der Waals surface area contributed by atoms with E-state index < -0.39 is 22.5 Å². The molecule has 0 fully saturated rings. The van der Waals surface area contributed by atoms with E-state index in [1.165, 1.54) is 24.3 Å². The van der Waals surface area contributed by atoms with Crippen molar-refractivity contribution in [2.24, 2.45) is 0 Å². The molecule has 0 aliphatic rings. The van der Waals surface area contributed by atoms with Crippen molar-refractivity contribution in [2.45, 2.75) is 18.7 Å². The van der Waals surface area contributed by atoms with E-state index in [1.807, 2.05) is 6.92 Å². The van der Waals surface area contributed by atoms with Gasteiger partial charge < -0.3 is 15.4 Å². The largest absolute Gasteiger partial charge is 0.494 e. The lowest BCUT2D eigenvalue weighted by molar-refractivity contribution is -0.125. The van der Waals surface area contributed by atoms with E-state index in [0.29, 0.717) is 18.9 Å². The van der Waals surface area contributed by atoms with Crippen molar-refractivity contribution < 1.29 is 22.7 Å². The van der Waals surface area contributed by atoms with E-state index in [1.54, 1.807) is 6.92 Å². The van der Waals surface area contributed by atoms with Crippen LogP contribution in [0.5, 0.6) is 5.75 Å². The number of ether oxygens (including phenoxy) is 1. The Morgan fingerprint density at radius 3 is 2.17 bits per heavy atom. The van der Waals surface area contributed by atoms with Gasteiger partial charge in [-0.2, -0.15) is 0 Å². The molecule has 1 rings (SSSR count). The van der Waals surface area contributed by atoms with Gasteiger partial charge in [-0.1, -0.05) is 0 Å². The highest BCUT2D eigenvalue weighted by Crippen LogP contribution is 2.15. The normalized spacial score (nSPS) is 10.9. The zero-order valence-corrected chi connectivity index (χ0v) is 13.9. The summed E-state index contributed by atoms with van der Waals surface area (Å²) in [6.07, 6.45) is 0. The average molecular weight is 343 g/mol. The van der Waals surface area contributed by atoms with Crippen LogP contribution in [-0.4, -0.2) is 46.5 Å². The zero-order valence-electron chi connectivity index (χ0n) is 13.1. The lowest BCUT2D eigenvalue weighted by atomic mass is 10.3. The first-order valence-electron chi connectivity index (χ1n) is 7.15. The number of sulfonamides is 1. The van der Waals surface area contributed by atoms with Gasteiger partial charge in [-0.3, -0.25) is 9.59 Å². The number of hydrogen-bond donors (Lipinski definition) is 3. The van der Waals surface area contributed by atoms with Gasteiger partial charge in [-0.25, -0.2) is 13.1 Å². The van der Waals surface area contributed by atoms with Crippen molar-refractivity contribution >= 4 is 21.8 Å². The zero-order chi connectivity index (χ0) is 17.3. The molecule has 128 valence electrons. The first-order chi connectivity index (χ1) is 10.9. The van der Waals surface area contributed by atoms with E-state index in [-0.39, 0.29) is 17.3 Å². The van der Waals surface area contributed by atoms with E-state index in [0.717, 1.165) is 0 Å². The molecule has 1 aromatic carbocycles. The monoisotopic (exact) mass is 343 g/mol. The van der Waals surface area contributed by atoms with Crippen molar-refractivity contribution in [2.75, 3.05) is 26.2 Å². The van der Waals surface area contributed by atoms with Crippen LogP contribution in [0.3, 0.4) is 0 Å². The molecule has 9 heteroatoms. The summed E-state index contributed by atoms with van der Waals surface area (Å²) in [4.78, 5) is 22.7. The van der Waals surface area contributed by atoms with Crippen LogP contribution in [0.1, 0.15) is 13.8 Å². The summed E-state index contributed by atoms with van der Waals surface area (Å²) >= 11 is 0. The Balaban J connectivity index is 2.51. The maximum absolute atomic E-state index is 12.0. The van der Waals surface area contributed by atoms with E-state index in [9.17, 15) is 18.0 Å². The lowest BCUT2D eigenvalue weighted by Gasteiger charge is -2.09. The fourth-order valence-corrected chi connectivity index (χ4v) is 2.61. The van der Waals surface area contributed by atoms with Gasteiger partial charge in [0.05, 0.1) is 24.6 Å². The molecule has 8 nitrogen and oxygen atoms in total. The minimum atomic E-state index is -3.80. The van der Waals surface area contributed by atoms with E-state index >= 15 is 0 Å². The van der Waals surface area contributed by atoms with Gasteiger partial charge in [-0.05, 0) is 38.1 Å². The third-order valence-corrected chi connectivity index (χ3v) is 4.10. The van der Waals surface area contributed by atoms with Gasteiger partial charge in [0.2, 0.25) is 21.8 Å². The molecule has 0 saturated carbocycles. The van der Waals surface area contributed by atoms with Crippen LogP contribution >= 0.6 is 0 Å². The third kappa shape index (κ3) is 6.66. The van der Waals surface area contributed by atoms with Crippen molar-refractivity contribution in [3.05, 3.63) is 24.3 Å². The number of nitrogens with one attached hydrogen (secondary N) is 3. The highest BCUT2D eigenvalue weighted by Gasteiger charge is 2.15. The molecule has 2 amide bonds. The summed E-state index contributed by atoms with van der Waals surface area (Å²) in [6, 6.07) is 5.85. The highest BCUT2D eigenvalue weighted by atomic mass is 32.2. The van der Waals surface area contributed by atoms with Gasteiger partial charge in [0, 0.05) is 6.54 Å². The predicted molar refractivity (Wildman–Crippen MR) is 84.5 cm³/mol. The van der Waals surface area contributed by atoms with Crippen molar-refractivity contribution in [3.63, 3.8) is 0 Å². The van der Waals surface area contributed by atoms with Crippen molar-refractivity contribution in [3.8, 4) is 5.75 Å². The standard InChI is InChI=1S/C14H21N3O5S/c1-3-15-13(18)9-16-14(19)10-17-23(20,21)12-7-5-11(6-8-12)22-4-2/h5-8,17H,3-4,9-10H2,1-2H3,(H,15,18)(H,16,19). The predicted octanol–water partition coefficient (Wildman–Crippen LogP) is -0.384. The molecule has 0 bridgehead atoms. The summed E-state index contributed by atoms with van der Waals surface area (Å²) in [5.74, 6) is -0.368. The van der Waals surface area contributed by atoms with Gasteiger partial charge in [0.15, 0.2) is 0 Å². The topological polar surface area (TPSA) is 114 Å².